The first-order chi connectivity index (χ1) is 2.89. The van der Waals surface area contributed by atoms with Gasteiger partial charge in [-0.3, -0.25) is 0 Å². The Morgan fingerprint density at radius 2 is 2.67 bits per heavy atom. The van der Waals surface area contributed by atoms with Crippen molar-refractivity contribution >= 4 is 8.19 Å². The molecule has 1 radical (unpaired) electrons. The van der Waals surface area contributed by atoms with Gasteiger partial charge in [0.2, 0.25) is 0 Å². The maximum absolute atomic E-state index is 3.15. The summed E-state index contributed by atoms with van der Waals surface area (Å²) < 4.78 is 0. The van der Waals surface area contributed by atoms with Crippen molar-refractivity contribution < 1.29 is 0 Å². The largest absolute Gasteiger partial charge is 0.131 e. The van der Waals surface area contributed by atoms with E-state index in [2.05, 4.69) is 24.6 Å². The van der Waals surface area contributed by atoms with Gasteiger partial charge in [-0.1, -0.05) is 6.07 Å². The SMILES string of the molecule is Cc1[c][pH]cc1. The Balaban J connectivity index is 3.05. The summed E-state index contributed by atoms with van der Waals surface area (Å²) in [4.78, 5) is 0. The molecule has 0 bridgehead atoms. The molecule has 0 amide bonds. The summed E-state index contributed by atoms with van der Waals surface area (Å²) in [6.45, 7) is 2.07. The van der Waals surface area contributed by atoms with Crippen LogP contribution in [0.1, 0.15) is 5.56 Å². The van der Waals surface area contributed by atoms with Gasteiger partial charge in [0, 0.05) is 5.80 Å². The van der Waals surface area contributed by atoms with Crippen LogP contribution in [0.5, 0.6) is 0 Å². The highest BCUT2D eigenvalue weighted by Gasteiger charge is 1.74. The van der Waals surface area contributed by atoms with Crippen LogP contribution in [0.2, 0.25) is 0 Å². The average molecular weight is 97.1 g/mol. The fourth-order valence-electron chi connectivity index (χ4n) is 0.364. The Kier molecular flexibility index (Phi) is 0.979. The molecule has 1 atom stereocenters. The van der Waals surface area contributed by atoms with Crippen molar-refractivity contribution in [1.82, 2.24) is 0 Å². The molecule has 0 aliphatic carbocycles. The van der Waals surface area contributed by atoms with Gasteiger partial charge in [-0.15, -0.1) is 8.19 Å². The molecule has 6 heavy (non-hydrogen) atoms. The van der Waals surface area contributed by atoms with Gasteiger partial charge >= 0.3 is 0 Å². The van der Waals surface area contributed by atoms with Gasteiger partial charge in [-0.25, -0.2) is 0 Å². The molecule has 0 nitrogen and oxygen atoms in total. The van der Waals surface area contributed by atoms with Crippen molar-refractivity contribution in [3.8, 4) is 0 Å². The normalized spacial score (nSPS) is 10.2. The molecular weight excluding hydrogens is 91.0 g/mol. The molecule has 31 valence electrons. The third-order valence-corrected chi connectivity index (χ3v) is 1.56. The zero-order valence-corrected chi connectivity index (χ0v) is 4.65. The van der Waals surface area contributed by atoms with E-state index in [0.717, 1.165) is 8.19 Å². The molecule has 0 fully saturated rings. The molecule has 1 heterocycles. The smallest absolute Gasteiger partial charge is 0.00506 e. The Labute approximate surface area is 39.3 Å². The molecule has 1 rings (SSSR count). The highest BCUT2D eigenvalue weighted by Crippen LogP contribution is 2.06. The first-order valence-electron chi connectivity index (χ1n) is 1.91. The predicted octanol–water partition coefficient (Wildman–Crippen LogP) is 1.83. The molecule has 0 aliphatic heterocycles. The van der Waals surface area contributed by atoms with Crippen molar-refractivity contribution in [3.63, 3.8) is 0 Å². The third-order valence-electron chi connectivity index (χ3n) is 0.686. The van der Waals surface area contributed by atoms with Crippen LogP contribution >= 0.6 is 8.19 Å². The van der Waals surface area contributed by atoms with E-state index in [1.807, 2.05) is 0 Å². The summed E-state index contributed by atoms with van der Waals surface area (Å²) in [7, 11) is 0.821. The standard InChI is InChI=1S/C5H6P/c1-5-2-3-6-4-5/h2-3,6H,1H3. The highest BCUT2D eigenvalue weighted by molar-refractivity contribution is 7.28. The van der Waals surface area contributed by atoms with Gasteiger partial charge < -0.3 is 0 Å². The summed E-state index contributed by atoms with van der Waals surface area (Å²) in [6.07, 6.45) is 0. The summed E-state index contributed by atoms with van der Waals surface area (Å²) in [5.41, 5.74) is 1.29. The molecule has 0 saturated carbocycles. The van der Waals surface area contributed by atoms with Gasteiger partial charge in [0.15, 0.2) is 0 Å². The monoisotopic (exact) mass is 97.0 g/mol. The summed E-state index contributed by atoms with van der Waals surface area (Å²) in [5, 5.41) is 0. The average Bonchev–Trinajstić information content (AvgIpc) is 1.86. The molecule has 0 aliphatic rings. The van der Waals surface area contributed by atoms with E-state index in [1.165, 1.54) is 5.56 Å². The molecule has 1 aromatic heterocycles. The lowest BCUT2D eigenvalue weighted by Crippen LogP contribution is -1.48. The van der Waals surface area contributed by atoms with E-state index in [0.29, 0.717) is 0 Å². The number of rotatable bonds is 0. The molecule has 0 spiro atoms. The molecule has 0 aromatic carbocycles. The van der Waals surface area contributed by atoms with E-state index < -0.39 is 0 Å². The fraction of sp³-hybridized carbons (Fsp3) is 0.200. The molecule has 0 N–H and O–H groups in total. The lowest BCUT2D eigenvalue weighted by atomic mass is 10.4. The lowest BCUT2D eigenvalue weighted by molar-refractivity contribution is 1.55. The van der Waals surface area contributed by atoms with Crippen molar-refractivity contribution in [2.45, 2.75) is 6.92 Å². The van der Waals surface area contributed by atoms with Crippen molar-refractivity contribution in [3.05, 3.63) is 23.2 Å². The Morgan fingerprint density at radius 1 is 1.83 bits per heavy atom. The maximum Gasteiger partial charge on any atom is 0.00506 e. The topological polar surface area (TPSA) is 0 Å². The Morgan fingerprint density at radius 3 is 2.83 bits per heavy atom. The minimum Gasteiger partial charge on any atom is -0.131 e. The predicted molar refractivity (Wildman–Crippen MR) is 29.5 cm³/mol. The maximum atomic E-state index is 3.15. The minimum atomic E-state index is 0.821. The van der Waals surface area contributed by atoms with Gasteiger partial charge in [-0.2, -0.15) is 0 Å². The first-order valence-corrected chi connectivity index (χ1v) is 2.99. The number of aryl methyl sites for hydroxylation is 1. The van der Waals surface area contributed by atoms with Crippen LogP contribution in [0.25, 0.3) is 0 Å². The van der Waals surface area contributed by atoms with E-state index in [1.54, 1.807) is 0 Å². The van der Waals surface area contributed by atoms with Gasteiger partial charge in [0.1, 0.15) is 0 Å². The fourth-order valence-corrected chi connectivity index (χ4v) is 1.09. The Bertz CT molecular complexity index is 107. The van der Waals surface area contributed by atoms with Gasteiger partial charge in [-0.05, 0) is 18.3 Å². The first kappa shape index (κ1) is 3.95. The van der Waals surface area contributed by atoms with Crippen LogP contribution < -0.4 is 0 Å². The van der Waals surface area contributed by atoms with Crippen molar-refractivity contribution in [2.75, 3.05) is 0 Å². The second-order valence-corrected chi connectivity index (χ2v) is 2.16. The quantitative estimate of drug-likeness (QED) is 0.463. The van der Waals surface area contributed by atoms with Crippen LogP contribution in [0.3, 0.4) is 0 Å². The van der Waals surface area contributed by atoms with Gasteiger partial charge in [0.25, 0.3) is 0 Å². The second kappa shape index (κ2) is 1.49. The molecule has 1 aromatic rings. The van der Waals surface area contributed by atoms with Crippen molar-refractivity contribution in [1.29, 1.82) is 0 Å². The second-order valence-electron chi connectivity index (χ2n) is 1.29. The number of hydrogen-bond donors (Lipinski definition) is 0. The van der Waals surface area contributed by atoms with Crippen molar-refractivity contribution in [2.24, 2.45) is 0 Å². The molecular formula is C5H6P. The summed E-state index contributed by atoms with van der Waals surface area (Å²) in [6, 6.07) is 2.10. The summed E-state index contributed by atoms with van der Waals surface area (Å²) in [5.74, 6) is 5.29. The molecule has 1 heteroatoms. The van der Waals surface area contributed by atoms with E-state index in [-0.39, 0.29) is 0 Å². The number of hydrogen-bond acceptors (Lipinski definition) is 0. The van der Waals surface area contributed by atoms with E-state index in [9.17, 15) is 0 Å². The van der Waals surface area contributed by atoms with E-state index in [4.69, 9.17) is 0 Å². The van der Waals surface area contributed by atoms with Crippen LogP contribution in [0, 0.1) is 12.7 Å². The van der Waals surface area contributed by atoms with Crippen LogP contribution in [0.15, 0.2) is 11.9 Å². The lowest BCUT2D eigenvalue weighted by Gasteiger charge is -1.65. The third kappa shape index (κ3) is 0.636. The Hall–Kier alpha value is -0.220. The molecule has 0 saturated heterocycles. The minimum absolute atomic E-state index is 0.821. The molecule has 1 unspecified atom stereocenters. The summed E-state index contributed by atoms with van der Waals surface area (Å²) >= 11 is 0. The zero-order chi connectivity index (χ0) is 4.41. The van der Waals surface area contributed by atoms with Crippen LogP contribution in [0.4, 0.5) is 0 Å². The van der Waals surface area contributed by atoms with Gasteiger partial charge in [0.05, 0.1) is 0 Å². The van der Waals surface area contributed by atoms with Crippen LogP contribution in [-0.2, 0) is 0 Å². The van der Waals surface area contributed by atoms with E-state index >= 15 is 0 Å². The zero-order valence-electron chi connectivity index (χ0n) is 3.65. The van der Waals surface area contributed by atoms with Crippen LogP contribution in [-0.4, -0.2) is 0 Å². The highest BCUT2D eigenvalue weighted by atomic mass is 31.0.